The molecule has 1 fully saturated rings. The van der Waals surface area contributed by atoms with E-state index in [4.69, 9.17) is 0 Å². The van der Waals surface area contributed by atoms with E-state index >= 15 is 0 Å². The third kappa shape index (κ3) is 3.15. The summed E-state index contributed by atoms with van der Waals surface area (Å²) in [6, 6.07) is 2.08. The number of alkyl halides is 1. The fourth-order valence-corrected chi connectivity index (χ4v) is 5.34. The van der Waals surface area contributed by atoms with E-state index in [1.165, 1.54) is 5.69 Å². The Morgan fingerprint density at radius 2 is 2.33 bits per heavy atom. The molecule has 1 aliphatic heterocycles. The van der Waals surface area contributed by atoms with E-state index in [1.807, 2.05) is 18.7 Å². The van der Waals surface area contributed by atoms with Gasteiger partial charge in [-0.1, -0.05) is 15.9 Å². The van der Waals surface area contributed by atoms with Crippen LogP contribution in [-0.2, 0) is 23.3 Å². The number of aromatic nitrogens is 2. The van der Waals surface area contributed by atoms with Crippen molar-refractivity contribution in [3.05, 3.63) is 17.5 Å². The molecule has 0 spiro atoms. The van der Waals surface area contributed by atoms with Crippen LogP contribution >= 0.6 is 15.9 Å². The van der Waals surface area contributed by atoms with Crippen molar-refractivity contribution in [1.82, 2.24) is 9.78 Å². The van der Waals surface area contributed by atoms with Gasteiger partial charge in [0.25, 0.3) is 0 Å². The van der Waals surface area contributed by atoms with Crippen LogP contribution in [0.2, 0.25) is 0 Å². The summed E-state index contributed by atoms with van der Waals surface area (Å²) in [5, 5.41) is 5.18. The first kappa shape index (κ1) is 14.1. The number of sulfone groups is 1. The van der Waals surface area contributed by atoms with E-state index < -0.39 is 9.84 Å². The SMILES string of the molecule is Cc1cc(CC(CBr)C2CCS(=O)(=O)C2)n(C)n1. The predicted molar refractivity (Wildman–Crippen MR) is 75.7 cm³/mol. The predicted octanol–water partition coefficient (Wildman–Crippen LogP) is 1.72. The molecular formula is C12H19BrN2O2S. The van der Waals surface area contributed by atoms with Crippen LogP contribution in [0.4, 0.5) is 0 Å². The number of halogens is 1. The molecule has 6 heteroatoms. The second-order valence-electron chi connectivity index (χ2n) is 5.18. The Labute approximate surface area is 117 Å². The van der Waals surface area contributed by atoms with Crippen molar-refractivity contribution >= 4 is 25.8 Å². The topological polar surface area (TPSA) is 52.0 Å². The molecule has 2 heterocycles. The van der Waals surface area contributed by atoms with Gasteiger partial charge in [0.2, 0.25) is 0 Å². The van der Waals surface area contributed by atoms with Crippen LogP contribution < -0.4 is 0 Å². The maximum Gasteiger partial charge on any atom is 0.150 e. The molecule has 18 heavy (non-hydrogen) atoms. The zero-order valence-corrected chi connectivity index (χ0v) is 13.2. The first-order valence-corrected chi connectivity index (χ1v) is 9.11. The molecule has 0 aliphatic carbocycles. The molecule has 0 N–H and O–H groups in total. The maximum atomic E-state index is 11.6. The molecular weight excluding hydrogens is 316 g/mol. The highest BCUT2D eigenvalue weighted by Crippen LogP contribution is 2.29. The summed E-state index contributed by atoms with van der Waals surface area (Å²) in [6.07, 6.45) is 1.69. The molecule has 2 unspecified atom stereocenters. The Kier molecular flexibility index (Phi) is 4.16. The lowest BCUT2D eigenvalue weighted by atomic mass is 9.89. The van der Waals surface area contributed by atoms with Crippen LogP contribution in [0.5, 0.6) is 0 Å². The van der Waals surface area contributed by atoms with Crippen molar-refractivity contribution in [2.75, 3.05) is 16.8 Å². The molecule has 0 bridgehead atoms. The van der Waals surface area contributed by atoms with Gasteiger partial charge in [-0.3, -0.25) is 4.68 Å². The van der Waals surface area contributed by atoms with E-state index in [-0.39, 0.29) is 5.92 Å². The lowest BCUT2D eigenvalue weighted by Gasteiger charge is -2.20. The fraction of sp³-hybridized carbons (Fsp3) is 0.750. The van der Waals surface area contributed by atoms with Crippen molar-refractivity contribution in [3.8, 4) is 0 Å². The minimum Gasteiger partial charge on any atom is -0.272 e. The van der Waals surface area contributed by atoms with Gasteiger partial charge in [-0.05, 0) is 37.7 Å². The molecule has 4 nitrogen and oxygen atoms in total. The summed E-state index contributed by atoms with van der Waals surface area (Å²) >= 11 is 3.53. The summed E-state index contributed by atoms with van der Waals surface area (Å²) in [4.78, 5) is 0. The largest absolute Gasteiger partial charge is 0.272 e. The third-order valence-corrected chi connectivity index (χ3v) is 6.33. The van der Waals surface area contributed by atoms with Crippen LogP contribution in [0, 0.1) is 18.8 Å². The highest BCUT2D eigenvalue weighted by atomic mass is 79.9. The summed E-state index contributed by atoms with van der Waals surface area (Å²) < 4.78 is 25.0. The summed E-state index contributed by atoms with van der Waals surface area (Å²) in [7, 11) is -0.848. The minimum atomic E-state index is -2.79. The number of hydrogen-bond acceptors (Lipinski definition) is 3. The van der Waals surface area contributed by atoms with Crippen LogP contribution in [-0.4, -0.2) is 35.0 Å². The van der Waals surface area contributed by atoms with Crippen LogP contribution in [0.15, 0.2) is 6.07 Å². The van der Waals surface area contributed by atoms with E-state index in [2.05, 4.69) is 27.1 Å². The quantitative estimate of drug-likeness (QED) is 0.788. The Bertz CT molecular complexity index is 524. The summed E-state index contributed by atoms with van der Waals surface area (Å²) in [5.41, 5.74) is 2.20. The Morgan fingerprint density at radius 3 is 2.78 bits per heavy atom. The molecule has 0 aromatic carbocycles. The standard InChI is InChI=1S/C12H19BrN2O2S/c1-9-5-12(15(2)14-9)6-11(7-13)10-3-4-18(16,17)8-10/h5,10-11H,3-4,6-8H2,1-2H3. The highest BCUT2D eigenvalue weighted by molar-refractivity contribution is 9.09. The number of hydrogen-bond donors (Lipinski definition) is 0. The van der Waals surface area contributed by atoms with Crippen molar-refractivity contribution in [2.24, 2.45) is 18.9 Å². The van der Waals surface area contributed by atoms with Gasteiger partial charge >= 0.3 is 0 Å². The molecule has 1 aromatic rings. The van der Waals surface area contributed by atoms with Crippen molar-refractivity contribution in [1.29, 1.82) is 0 Å². The number of rotatable bonds is 4. The minimum absolute atomic E-state index is 0.282. The van der Waals surface area contributed by atoms with E-state index in [1.54, 1.807) is 0 Å². The molecule has 0 amide bonds. The van der Waals surface area contributed by atoms with Crippen LogP contribution in [0.25, 0.3) is 0 Å². The smallest absolute Gasteiger partial charge is 0.150 e. The van der Waals surface area contributed by atoms with Gasteiger partial charge in [0, 0.05) is 18.1 Å². The molecule has 0 saturated carbocycles. The zero-order valence-electron chi connectivity index (χ0n) is 10.8. The molecule has 1 saturated heterocycles. The van der Waals surface area contributed by atoms with Crippen molar-refractivity contribution < 1.29 is 8.42 Å². The van der Waals surface area contributed by atoms with Crippen molar-refractivity contribution in [2.45, 2.75) is 19.8 Å². The van der Waals surface area contributed by atoms with Crippen molar-refractivity contribution in [3.63, 3.8) is 0 Å². The maximum absolute atomic E-state index is 11.6. The number of aryl methyl sites for hydroxylation is 2. The lowest BCUT2D eigenvalue weighted by Crippen LogP contribution is -2.21. The first-order valence-electron chi connectivity index (χ1n) is 6.17. The van der Waals surface area contributed by atoms with Gasteiger partial charge in [0.05, 0.1) is 17.2 Å². The Hall–Kier alpha value is -0.360. The fourth-order valence-electron chi connectivity index (χ4n) is 2.67. The van der Waals surface area contributed by atoms with Crippen LogP contribution in [0.3, 0.4) is 0 Å². The monoisotopic (exact) mass is 334 g/mol. The van der Waals surface area contributed by atoms with Gasteiger partial charge in [0.15, 0.2) is 9.84 Å². The molecule has 1 aliphatic rings. The molecule has 102 valence electrons. The Balaban J connectivity index is 2.08. The molecule has 2 atom stereocenters. The van der Waals surface area contributed by atoms with E-state index in [0.717, 1.165) is 23.9 Å². The first-order chi connectivity index (χ1) is 8.41. The van der Waals surface area contributed by atoms with Gasteiger partial charge in [-0.15, -0.1) is 0 Å². The van der Waals surface area contributed by atoms with Gasteiger partial charge < -0.3 is 0 Å². The second kappa shape index (κ2) is 5.33. The molecule has 0 radical (unpaired) electrons. The summed E-state index contributed by atoms with van der Waals surface area (Å²) in [5.74, 6) is 1.35. The average molecular weight is 335 g/mol. The second-order valence-corrected chi connectivity index (χ2v) is 8.06. The van der Waals surface area contributed by atoms with Gasteiger partial charge in [-0.2, -0.15) is 5.10 Å². The molecule has 1 aromatic heterocycles. The zero-order chi connectivity index (χ0) is 13.3. The Morgan fingerprint density at radius 1 is 1.61 bits per heavy atom. The average Bonchev–Trinajstić information content (AvgIpc) is 2.78. The van der Waals surface area contributed by atoms with E-state index in [0.29, 0.717) is 17.4 Å². The summed E-state index contributed by atoms with van der Waals surface area (Å²) in [6.45, 7) is 1.98. The van der Waals surface area contributed by atoms with Gasteiger partial charge in [-0.25, -0.2) is 8.42 Å². The van der Waals surface area contributed by atoms with Gasteiger partial charge in [0.1, 0.15) is 0 Å². The number of nitrogens with zero attached hydrogens (tertiary/aromatic N) is 2. The highest BCUT2D eigenvalue weighted by Gasteiger charge is 2.33. The normalized spacial score (nSPS) is 24.3. The van der Waals surface area contributed by atoms with E-state index in [9.17, 15) is 8.42 Å². The lowest BCUT2D eigenvalue weighted by molar-refractivity contribution is 0.393. The third-order valence-electron chi connectivity index (χ3n) is 3.70. The molecule has 2 rings (SSSR count). The van der Waals surface area contributed by atoms with Crippen LogP contribution in [0.1, 0.15) is 17.8 Å².